The van der Waals surface area contributed by atoms with Gasteiger partial charge in [0.1, 0.15) is 0 Å². The van der Waals surface area contributed by atoms with E-state index in [1.54, 1.807) is 0 Å². The molecule has 0 aliphatic rings. The Balaban J connectivity index is 1.35. The van der Waals surface area contributed by atoms with Gasteiger partial charge in [0.25, 0.3) is 0 Å². The van der Waals surface area contributed by atoms with Gasteiger partial charge in [0.2, 0.25) is 0 Å². The SMILES string of the molecule is c1ccc(-c2cc3cc4ccccc4cc3c(-c3ccccc3)c2N(c2ccccc2)c2ccc3c(c2)c2ccccc2n3-c2ccccc2)cc1. The first-order valence-corrected chi connectivity index (χ1v) is 17.9. The Morgan fingerprint density at radius 2 is 0.923 bits per heavy atom. The summed E-state index contributed by atoms with van der Waals surface area (Å²) in [6, 6.07) is 74.8. The van der Waals surface area contributed by atoms with E-state index >= 15 is 0 Å². The minimum absolute atomic E-state index is 1.10. The Morgan fingerprint density at radius 3 is 1.65 bits per heavy atom. The molecule has 0 fully saturated rings. The van der Waals surface area contributed by atoms with Gasteiger partial charge in [-0.2, -0.15) is 0 Å². The number of fused-ring (bicyclic) bond motifs is 5. The summed E-state index contributed by atoms with van der Waals surface area (Å²) in [5, 5.41) is 7.35. The van der Waals surface area contributed by atoms with Gasteiger partial charge < -0.3 is 9.47 Å². The first-order chi connectivity index (χ1) is 25.8. The van der Waals surface area contributed by atoms with Crippen LogP contribution in [-0.2, 0) is 0 Å². The molecular weight excluding hydrogens is 629 g/mol. The molecule has 1 heterocycles. The molecule has 0 unspecified atom stereocenters. The summed E-state index contributed by atoms with van der Waals surface area (Å²) in [6.07, 6.45) is 0. The number of hydrogen-bond acceptors (Lipinski definition) is 1. The largest absolute Gasteiger partial charge is 0.309 e. The Bertz CT molecular complexity index is 2870. The Kier molecular flexibility index (Phi) is 7.18. The Morgan fingerprint density at radius 1 is 0.346 bits per heavy atom. The van der Waals surface area contributed by atoms with E-state index in [-0.39, 0.29) is 0 Å². The fraction of sp³-hybridized carbons (Fsp3) is 0. The molecule has 0 bridgehead atoms. The Hall–Kier alpha value is -6.90. The lowest BCUT2D eigenvalue weighted by molar-refractivity contribution is 1.18. The minimum atomic E-state index is 1.10. The van der Waals surface area contributed by atoms with Crippen LogP contribution in [0.5, 0.6) is 0 Å². The molecule has 0 saturated carbocycles. The van der Waals surface area contributed by atoms with E-state index in [9.17, 15) is 0 Å². The molecule has 10 rings (SSSR count). The average Bonchev–Trinajstić information content (AvgIpc) is 3.55. The molecule has 10 aromatic rings. The molecule has 0 saturated heterocycles. The topological polar surface area (TPSA) is 8.17 Å². The second-order valence-electron chi connectivity index (χ2n) is 13.4. The van der Waals surface area contributed by atoms with Gasteiger partial charge in [0, 0.05) is 39.0 Å². The van der Waals surface area contributed by atoms with Gasteiger partial charge in [-0.05, 0) is 99.4 Å². The first kappa shape index (κ1) is 30.0. The highest BCUT2D eigenvalue weighted by Gasteiger charge is 2.25. The maximum Gasteiger partial charge on any atom is 0.0624 e. The van der Waals surface area contributed by atoms with E-state index in [2.05, 4.69) is 216 Å². The van der Waals surface area contributed by atoms with Crippen molar-refractivity contribution in [1.82, 2.24) is 4.57 Å². The molecule has 0 amide bonds. The van der Waals surface area contributed by atoms with Crippen LogP contribution in [-0.4, -0.2) is 4.57 Å². The van der Waals surface area contributed by atoms with Gasteiger partial charge >= 0.3 is 0 Å². The molecule has 244 valence electrons. The van der Waals surface area contributed by atoms with E-state index in [1.165, 1.54) is 65.6 Å². The zero-order valence-electron chi connectivity index (χ0n) is 28.5. The summed E-state index contributed by atoms with van der Waals surface area (Å²) in [7, 11) is 0. The van der Waals surface area contributed by atoms with E-state index in [1.807, 2.05) is 0 Å². The number of hydrogen-bond donors (Lipinski definition) is 0. The number of anilines is 3. The maximum absolute atomic E-state index is 2.48. The molecule has 0 atom stereocenters. The van der Waals surface area contributed by atoms with E-state index in [0.717, 1.165) is 22.7 Å². The van der Waals surface area contributed by atoms with Crippen molar-refractivity contribution < 1.29 is 0 Å². The summed E-state index contributed by atoms with van der Waals surface area (Å²) >= 11 is 0. The van der Waals surface area contributed by atoms with E-state index in [0.29, 0.717) is 0 Å². The zero-order valence-corrected chi connectivity index (χ0v) is 28.5. The Labute approximate surface area is 303 Å². The van der Waals surface area contributed by atoms with Crippen molar-refractivity contribution in [3.63, 3.8) is 0 Å². The van der Waals surface area contributed by atoms with Gasteiger partial charge in [-0.1, -0.05) is 140 Å². The quantitative estimate of drug-likeness (QED) is 0.161. The minimum Gasteiger partial charge on any atom is -0.309 e. The van der Waals surface area contributed by atoms with E-state index in [4.69, 9.17) is 0 Å². The van der Waals surface area contributed by atoms with Crippen LogP contribution >= 0.6 is 0 Å². The highest BCUT2D eigenvalue weighted by atomic mass is 15.1. The van der Waals surface area contributed by atoms with E-state index < -0.39 is 0 Å². The average molecular weight is 663 g/mol. The van der Waals surface area contributed by atoms with Crippen molar-refractivity contribution in [2.24, 2.45) is 0 Å². The second kappa shape index (κ2) is 12.5. The van der Waals surface area contributed by atoms with Crippen molar-refractivity contribution >= 4 is 60.4 Å². The molecule has 2 nitrogen and oxygen atoms in total. The standard InChI is InChI=1S/C50H34N2/c1-5-17-35(18-6-1)45-33-39-31-37-21-13-14-22-38(37)32-44(39)49(36-19-7-2-8-20-36)50(45)51(40-23-9-3-10-24-40)42-29-30-48-46(34-42)43-27-15-16-28-47(43)52(48)41-25-11-4-12-26-41/h1-34H. The van der Waals surface area contributed by atoms with Crippen LogP contribution in [0.25, 0.3) is 71.3 Å². The highest BCUT2D eigenvalue weighted by Crippen LogP contribution is 2.51. The fourth-order valence-electron chi connectivity index (χ4n) is 7.99. The lowest BCUT2D eigenvalue weighted by Crippen LogP contribution is -2.13. The molecule has 52 heavy (non-hydrogen) atoms. The molecule has 0 spiro atoms. The lowest BCUT2D eigenvalue weighted by Gasteiger charge is -2.31. The molecule has 0 aliphatic heterocycles. The monoisotopic (exact) mass is 662 g/mol. The van der Waals surface area contributed by atoms with Gasteiger partial charge in [-0.3, -0.25) is 0 Å². The van der Waals surface area contributed by atoms with Crippen molar-refractivity contribution in [3.8, 4) is 27.9 Å². The van der Waals surface area contributed by atoms with Crippen LogP contribution in [0, 0.1) is 0 Å². The fourth-order valence-corrected chi connectivity index (χ4v) is 7.99. The van der Waals surface area contributed by atoms with Crippen molar-refractivity contribution in [1.29, 1.82) is 0 Å². The second-order valence-corrected chi connectivity index (χ2v) is 13.4. The van der Waals surface area contributed by atoms with Crippen LogP contribution < -0.4 is 4.90 Å². The normalized spacial score (nSPS) is 11.5. The van der Waals surface area contributed by atoms with Gasteiger partial charge in [-0.25, -0.2) is 0 Å². The molecule has 0 N–H and O–H groups in total. The third kappa shape index (κ3) is 4.96. The van der Waals surface area contributed by atoms with Gasteiger partial charge in [0.05, 0.1) is 16.7 Å². The molecule has 9 aromatic carbocycles. The van der Waals surface area contributed by atoms with Crippen LogP contribution in [0.4, 0.5) is 17.1 Å². The summed E-state index contributed by atoms with van der Waals surface area (Å²) in [4.78, 5) is 2.48. The smallest absolute Gasteiger partial charge is 0.0624 e. The van der Waals surface area contributed by atoms with Crippen molar-refractivity contribution in [3.05, 3.63) is 206 Å². The molecule has 0 radical (unpaired) electrons. The number of para-hydroxylation sites is 3. The summed E-state index contributed by atoms with van der Waals surface area (Å²) in [5.74, 6) is 0. The number of rotatable bonds is 6. The van der Waals surface area contributed by atoms with Crippen LogP contribution in [0.1, 0.15) is 0 Å². The number of aromatic nitrogens is 1. The van der Waals surface area contributed by atoms with Gasteiger partial charge in [0.15, 0.2) is 0 Å². The lowest BCUT2D eigenvalue weighted by atomic mass is 9.88. The predicted molar refractivity (Wildman–Crippen MR) is 221 cm³/mol. The van der Waals surface area contributed by atoms with Gasteiger partial charge in [-0.15, -0.1) is 0 Å². The molecule has 2 heteroatoms. The maximum atomic E-state index is 2.48. The molecule has 1 aromatic heterocycles. The third-order valence-corrected chi connectivity index (χ3v) is 10.3. The van der Waals surface area contributed by atoms with Crippen molar-refractivity contribution in [2.45, 2.75) is 0 Å². The highest BCUT2D eigenvalue weighted by molar-refractivity contribution is 6.15. The van der Waals surface area contributed by atoms with Crippen LogP contribution in [0.2, 0.25) is 0 Å². The first-order valence-electron chi connectivity index (χ1n) is 17.9. The van der Waals surface area contributed by atoms with Crippen molar-refractivity contribution in [2.75, 3.05) is 4.90 Å². The van der Waals surface area contributed by atoms with Crippen LogP contribution in [0.15, 0.2) is 206 Å². The summed E-state index contributed by atoms with van der Waals surface area (Å²) < 4.78 is 2.38. The third-order valence-electron chi connectivity index (χ3n) is 10.3. The number of benzene rings is 9. The van der Waals surface area contributed by atoms with Crippen LogP contribution in [0.3, 0.4) is 0 Å². The molecule has 0 aliphatic carbocycles. The predicted octanol–water partition coefficient (Wildman–Crippen LogP) is 13.9. The zero-order chi connectivity index (χ0) is 34.4. The number of nitrogens with zero attached hydrogens (tertiary/aromatic N) is 2. The molecular formula is C50H34N2. The summed E-state index contributed by atoms with van der Waals surface area (Å²) in [5.41, 5.74) is 11.6. The summed E-state index contributed by atoms with van der Waals surface area (Å²) in [6.45, 7) is 0.